The van der Waals surface area contributed by atoms with E-state index in [9.17, 15) is 0 Å². The molecule has 3 heterocycles. The minimum absolute atomic E-state index is 1.22. The van der Waals surface area contributed by atoms with Gasteiger partial charge < -0.3 is 4.90 Å². The van der Waals surface area contributed by atoms with Gasteiger partial charge in [-0.25, -0.2) is 4.57 Å². The molecule has 0 N–H and O–H groups in total. The molecule has 0 spiro atoms. The average Bonchev–Trinajstić information content (AvgIpc) is 2.97. The second kappa shape index (κ2) is 6.23. The Hall–Kier alpha value is -1.61. The molecule has 1 aliphatic heterocycles. The first-order valence-corrected chi connectivity index (χ1v) is 8.11. The number of anilines is 1. The summed E-state index contributed by atoms with van der Waals surface area (Å²) in [6.07, 6.45) is 12.6. The monoisotopic (exact) mass is 285 g/mol. The second-order valence-corrected chi connectivity index (χ2v) is 6.45. The Labute approximate surface area is 125 Å². The maximum Gasteiger partial charge on any atom is 0.169 e. The standard InChI is InChI=1S/C17H21N2S/c1-18-13-9-15(10-14-18)5-6-16-7-8-17(20-16)19-11-3-2-4-12-19/h5-10,13-14H,2-4,11-12H2,1H3/q+1. The third-order valence-corrected chi connectivity index (χ3v) is 4.84. The number of nitrogens with zero attached hydrogens (tertiary/aromatic N) is 2. The molecule has 104 valence electrons. The zero-order chi connectivity index (χ0) is 13.8. The van der Waals surface area contributed by atoms with Crippen LogP contribution in [0.3, 0.4) is 0 Å². The molecule has 0 saturated carbocycles. The van der Waals surface area contributed by atoms with Crippen LogP contribution in [0.1, 0.15) is 29.7 Å². The lowest BCUT2D eigenvalue weighted by atomic mass is 10.1. The summed E-state index contributed by atoms with van der Waals surface area (Å²) in [5, 5.41) is 1.42. The van der Waals surface area contributed by atoms with Crippen molar-refractivity contribution in [3.05, 3.63) is 47.1 Å². The molecule has 0 amide bonds. The van der Waals surface area contributed by atoms with Crippen LogP contribution >= 0.6 is 11.3 Å². The van der Waals surface area contributed by atoms with E-state index < -0.39 is 0 Å². The molecule has 0 aliphatic carbocycles. The van der Waals surface area contributed by atoms with E-state index in [1.54, 1.807) is 0 Å². The third-order valence-electron chi connectivity index (χ3n) is 3.72. The molecule has 1 aliphatic rings. The highest BCUT2D eigenvalue weighted by molar-refractivity contribution is 7.17. The molecule has 0 bridgehead atoms. The van der Waals surface area contributed by atoms with Crippen LogP contribution in [0.25, 0.3) is 12.2 Å². The van der Waals surface area contributed by atoms with Crippen molar-refractivity contribution in [3.8, 4) is 0 Å². The van der Waals surface area contributed by atoms with Crippen LogP contribution in [-0.2, 0) is 7.05 Å². The molecule has 1 fully saturated rings. The summed E-state index contributed by atoms with van der Waals surface area (Å²) in [6.45, 7) is 2.44. The molecule has 0 aromatic carbocycles. The number of hydrogen-bond acceptors (Lipinski definition) is 2. The van der Waals surface area contributed by atoms with Gasteiger partial charge in [0.15, 0.2) is 12.4 Å². The van der Waals surface area contributed by atoms with E-state index in [0.717, 1.165) is 0 Å². The highest BCUT2D eigenvalue weighted by Crippen LogP contribution is 2.29. The van der Waals surface area contributed by atoms with Crippen molar-refractivity contribution >= 4 is 28.5 Å². The SMILES string of the molecule is C[n+]1ccc(/C=C/c2ccc(N3CCCCC3)s2)cc1. The van der Waals surface area contributed by atoms with E-state index in [1.165, 1.54) is 47.8 Å². The van der Waals surface area contributed by atoms with Gasteiger partial charge in [-0.15, -0.1) is 11.3 Å². The summed E-state index contributed by atoms with van der Waals surface area (Å²) < 4.78 is 2.05. The molecule has 20 heavy (non-hydrogen) atoms. The zero-order valence-electron chi connectivity index (χ0n) is 12.0. The van der Waals surface area contributed by atoms with Gasteiger partial charge >= 0.3 is 0 Å². The predicted molar refractivity (Wildman–Crippen MR) is 86.9 cm³/mol. The first-order valence-electron chi connectivity index (χ1n) is 7.29. The van der Waals surface area contributed by atoms with Crippen LogP contribution in [0, 0.1) is 0 Å². The Morgan fingerprint density at radius 2 is 1.75 bits per heavy atom. The summed E-state index contributed by atoms with van der Waals surface area (Å²) in [6, 6.07) is 8.76. The van der Waals surface area contributed by atoms with Crippen LogP contribution in [0.4, 0.5) is 5.00 Å². The maximum atomic E-state index is 2.52. The largest absolute Gasteiger partial charge is 0.363 e. The summed E-state index contributed by atoms with van der Waals surface area (Å²) in [5.74, 6) is 0. The summed E-state index contributed by atoms with van der Waals surface area (Å²) in [7, 11) is 2.04. The van der Waals surface area contributed by atoms with Crippen molar-refractivity contribution in [1.82, 2.24) is 0 Å². The molecule has 0 unspecified atom stereocenters. The van der Waals surface area contributed by atoms with Gasteiger partial charge in [0.1, 0.15) is 7.05 Å². The van der Waals surface area contributed by atoms with Crippen LogP contribution in [0.2, 0.25) is 0 Å². The smallest absolute Gasteiger partial charge is 0.169 e. The fraction of sp³-hybridized carbons (Fsp3) is 0.353. The molecule has 2 aromatic rings. The number of pyridine rings is 1. The van der Waals surface area contributed by atoms with Gasteiger partial charge in [-0.1, -0.05) is 6.08 Å². The molecule has 3 heteroatoms. The second-order valence-electron chi connectivity index (χ2n) is 5.35. The lowest BCUT2D eigenvalue weighted by molar-refractivity contribution is -0.671. The Kier molecular flexibility index (Phi) is 4.16. The number of aromatic nitrogens is 1. The Morgan fingerprint density at radius 1 is 1.00 bits per heavy atom. The van der Waals surface area contributed by atoms with E-state index in [2.05, 4.69) is 58.3 Å². The van der Waals surface area contributed by atoms with Crippen LogP contribution in [0.15, 0.2) is 36.7 Å². The van der Waals surface area contributed by atoms with E-state index in [4.69, 9.17) is 0 Å². The number of rotatable bonds is 3. The molecule has 2 aromatic heterocycles. The van der Waals surface area contributed by atoms with Gasteiger partial charge in [-0.3, -0.25) is 0 Å². The molecule has 3 rings (SSSR count). The van der Waals surface area contributed by atoms with E-state index in [1.807, 2.05) is 18.4 Å². The Bertz CT molecular complexity index is 577. The average molecular weight is 285 g/mol. The lowest BCUT2D eigenvalue weighted by Crippen LogP contribution is -2.28. The molecule has 1 saturated heterocycles. The highest BCUT2D eigenvalue weighted by atomic mass is 32.1. The minimum atomic E-state index is 1.22. The maximum absolute atomic E-state index is 2.52. The van der Waals surface area contributed by atoms with Crippen molar-refractivity contribution in [2.24, 2.45) is 7.05 Å². The fourth-order valence-corrected chi connectivity index (χ4v) is 3.48. The molecule has 0 atom stereocenters. The van der Waals surface area contributed by atoms with Crippen LogP contribution in [-0.4, -0.2) is 13.1 Å². The van der Waals surface area contributed by atoms with Crippen molar-refractivity contribution in [1.29, 1.82) is 0 Å². The predicted octanol–water partition coefficient (Wildman–Crippen LogP) is 3.73. The van der Waals surface area contributed by atoms with Gasteiger partial charge in [-0.05, 0) is 43.0 Å². The summed E-state index contributed by atoms with van der Waals surface area (Å²) in [5.41, 5.74) is 1.25. The van der Waals surface area contributed by atoms with E-state index in [0.29, 0.717) is 0 Å². The summed E-state index contributed by atoms with van der Waals surface area (Å²) >= 11 is 1.90. The van der Waals surface area contributed by atoms with Crippen LogP contribution < -0.4 is 9.47 Å². The quantitative estimate of drug-likeness (QED) is 0.779. The first-order chi connectivity index (χ1) is 9.81. The number of aryl methyl sites for hydroxylation is 1. The Morgan fingerprint density at radius 3 is 2.50 bits per heavy atom. The number of thiophene rings is 1. The minimum Gasteiger partial charge on any atom is -0.363 e. The van der Waals surface area contributed by atoms with E-state index in [-0.39, 0.29) is 0 Å². The van der Waals surface area contributed by atoms with Gasteiger partial charge in [0.2, 0.25) is 0 Å². The summed E-state index contributed by atoms with van der Waals surface area (Å²) in [4.78, 5) is 3.85. The van der Waals surface area contributed by atoms with E-state index >= 15 is 0 Å². The van der Waals surface area contributed by atoms with Gasteiger partial charge in [0, 0.05) is 30.1 Å². The Balaban J connectivity index is 1.68. The topological polar surface area (TPSA) is 7.12 Å². The molecular weight excluding hydrogens is 264 g/mol. The van der Waals surface area contributed by atoms with Gasteiger partial charge in [-0.2, -0.15) is 0 Å². The van der Waals surface area contributed by atoms with Gasteiger partial charge in [0.05, 0.1) is 5.00 Å². The van der Waals surface area contributed by atoms with Crippen molar-refractivity contribution in [2.75, 3.05) is 18.0 Å². The molecule has 2 nitrogen and oxygen atoms in total. The normalized spacial score (nSPS) is 15.9. The highest BCUT2D eigenvalue weighted by Gasteiger charge is 2.12. The molecular formula is C17H21N2S+. The van der Waals surface area contributed by atoms with Crippen molar-refractivity contribution in [3.63, 3.8) is 0 Å². The fourth-order valence-electron chi connectivity index (χ4n) is 2.52. The van der Waals surface area contributed by atoms with Crippen LogP contribution in [0.5, 0.6) is 0 Å². The lowest BCUT2D eigenvalue weighted by Gasteiger charge is -2.27. The number of hydrogen-bond donors (Lipinski definition) is 0. The third kappa shape index (κ3) is 3.28. The molecule has 0 radical (unpaired) electrons. The zero-order valence-corrected chi connectivity index (χ0v) is 12.8. The van der Waals surface area contributed by atoms with Crippen molar-refractivity contribution < 1.29 is 4.57 Å². The van der Waals surface area contributed by atoms with Crippen molar-refractivity contribution in [2.45, 2.75) is 19.3 Å². The van der Waals surface area contributed by atoms with Gasteiger partial charge in [0.25, 0.3) is 0 Å². The first kappa shape index (κ1) is 13.4. The number of piperidine rings is 1.